The van der Waals surface area contributed by atoms with Gasteiger partial charge in [0.15, 0.2) is 0 Å². The second-order valence-corrected chi connectivity index (χ2v) is 11.9. The number of rotatable bonds is 2. The molecule has 3 aromatic carbocycles. The van der Waals surface area contributed by atoms with Crippen LogP contribution in [0.15, 0.2) is 77.4 Å². The van der Waals surface area contributed by atoms with Crippen LogP contribution in [0.3, 0.4) is 0 Å². The molecule has 1 unspecified atom stereocenters. The predicted molar refractivity (Wildman–Crippen MR) is 135 cm³/mol. The number of aryl methyl sites for hydroxylation is 1. The Hall–Kier alpha value is -0.746. The van der Waals surface area contributed by atoms with Gasteiger partial charge >= 0.3 is 35.6 Å². The van der Waals surface area contributed by atoms with E-state index in [9.17, 15) is 0 Å². The van der Waals surface area contributed by atoms with Crippen molar-refractivity contribution in [3.63, 3.8) is 0 Å². The Morgan fingerprint density at radius 2 is 1.47 bits per heavy atom. The topological polar surface area (TPSA) is 0 Å². The van der Waals surface area contributed by atoms with E-state index >= 15 is 0 Å². The standard InChI is InChI=1S/C16H14P.C10H15.2ClH.Ti/c1-12-11-13-7-5-6-10-15(13)16(12)17-14-8-3-2-4-9-14;1-7-6-10(4,5)9(3)8(7)2;;;/h2-11,17H,1H3;1-5H3;2*1H;/q2*-1;;;+2/p-2. The molecule has 0 bridgehead atoms. The van der Waals surface area contributed by atoms with Crippen molar-refractivity contribution >= 4 is 48.6 Å². The molecule has 0 heterocycles. The molecule has 0 spiro atoms. The van der Waals surface area contributed by atoms with E-state index in [1.165, 1.54) is 43.7 Å². The Balaban J connectivity index is 0.000000210. The fourth-order valence-corrected chi connectivity index (χ4v) is 4.89. The van der Waals surface area contributed by atoms with E-state index in [0.717, 1.165) is 8.58 Å². The van der Waals surface area contributed by atoms with Crippen LogP contribution in [0.25, 0.3) is 10.8 Å². The van der Waals surface area contributed by atoms with Gasteiger partial charge in [0.2, 0.25) is 0 Å². The summed E-state index contributed by atoms with van der Waals surface area (Å²) in [4.78, 5) is 0. The maximum absolute atomic E-state index is 4.89. The Labute approximate surface area is 200 Å². The van der Waals surface area contributed by atoms with Crippen LogP contribution >= 0.6 is 27.2 Å². The Bertz CT molecular complexity index is 1030. The molecule has 1 atom stereocenters. The van der Waals surface area contributed by atoms with Crippen molar-refractivity contribution in [2.45, 2.75) is 41.5 Å². The fourth-order valence-electron chi connectivity index (χ4n) is 3.61. The number of hydrogen-bond donors (Lipinski definition) is 0. The van der Waals surface area contributed by atoms with E-state index in [1.54, 1.807) is 0 Å². The fraction of sp³-hybridized carbons (Fsp3) is 0.269. The Kier molecular flexibility index (Phi) is 10.00. The quantitative estimate of drug-likeness (QED) is 0.194. The third kappa shape index (κ3) is 6.62. The van der Waals surface area contributed by atoms with Gasteiger partial charge in [-0.1, -0.05) is 76.4 Å². The van der Waals surface area contributed by atoms with Gasteiger partial charge in [0.1, 0.15) is 0 Å². The molecule has 0 fully saturated rings. The first-order chi connectivity index (χ1) is 14.2. The van der Waals surface area contributed by atoms with Crippen molar-refractivity contribution in [2.75, 3.05) is 0 Å². The molecule has 1 aliphatic rings. The molecule has 158 valence electrons. The molecule has 30 heavy (non-hydrogen) atoms. The molecule has 0 nitrogen and oxygen atoms in total. The summed E-state index contributed by atoms with van der Waals surface area (Å²) >= 11 is -0.556. The molecule has 0 radical (unpaired) electrons. The molecule has 4 rings (SSSR count). The van der Waals surface area contributed by atoms with Crippen LogP contribution in [0.2, 0.25) is 0 Å². The monoisotopic (exact) mass is 490 g/mol. The summed E-state index contributed by atoms with van der Waals surface area (Å²) in [6.45, 7) is 13.1. The van der Waals surface area contributed by atoms with E-state index in [4.69, 9.17) is 18.6 Å². The maximum atomic E-state index is 4.89. The van der Waals surface area contributed by atoms with Crippen molar-refractivity contribution in [1.29, 1.82) is 0 Å². The molecule has 0 aliphatic heterocycles. The van der Waals surface area contributed by atoms with Gasteiger partial charge in [0.25, 0.3) is 0 Å². The van der Waals surface area contributed by atoms with Gasteiger partial charge in [-0.3, -0.25) is 6.08 Å². The molecular formula is C26H29Cl2PTi-2. The summed E-state index contributed by atoms with van der Waals surface area (Å²) in [7, 11) is 10.5. The van der Waals surface area contributed by atoms with E-state index in [-0.39, 0.29) is 5.41 Å². The van der Waals surface area contributed by atoms with Crippen molar-refractivity contribution in [2.24, 2.45) is 5.41 Å². The third-order valence-corrected chi connectivity index (χ3v) is 7.14. The molecule has 0 amide bonds. The first kappa shape index (κ1) is 25.5. The van der Waals surface area contributed by atoms with Crippen LogP contribution in [-0.4, -0.2) is 0 Å². The summed E-state index contributed by atoms with van der Waals surface area (Å²) in [5, 5.41) is 5.68. The predicted octanol–water partition coefficient (Wildman–Crippen LogP) is 7.99. The van der Waals surface area contributed by atoms with Gasteiger partial charge in [-0.2, -0.15) is 11.1 Å². The van der Waals surface area contributed by atoms with E-state index < -0.39 is 17.0 Å². The first-order valence-corrected chi connectivity index (χ1v) is 15.2. The van der Waals surface area contributed by atoms with Crippen molar-refractivity contribution in [3.8, 4) is 0 Å². The number of fused-ring (bicyclic) bond motifs is 1. The van der Waals surface area contributed by atoms with Gasteiger partial charge in [-0.05, 0) is 5.30 Å². The number of halogens is 2. The van der Waals surface area contributed by atoms with Crippen LogP contribution in [0, 0.1) is 18.4 Å². The minimum atomic E-state index is -0.556. The van der Waals surface area contributed by atoms with Crippen molar-refractivity contribution < 1.29 is 17.0 Å². The second-order valence-electron chi connectivity index (χ2n) is 7.98. The SMILES string of the molecule is CC1=[C-]C(C)(C)C(C)=C1C.Cc1[cH-]c2ccccc2c1Pc1ccccc1.[Cl][Ti][Cl]. The van der Waals surface area contributed by atoms with E-state index in [0.29, 0.717) is 0 Å². The van der Waals surface area contributed by atoms with Crippen LogP contribution < -0.4 is 10.6 Å². The summed E-state index contributed by atoms with van der Waals surface area (Å²) in [5.74, 6) is 0. The number of benzene rings is 2. The van der Waals surface area contributed by atoms with Gasteiger partial charge in [-0.15, -0.1) is 61.4 Å². The molecule has 0 saturated heterocycles. The Morgan fingerprint density at radius 3 is 1.97 bits per heavy atom. The van der Waals surface area contributed by atoms with Gasteiger partial charge < -0.3 is 0 Å². The van der Waals surface area contributed by atoms with Gasteiger partial charge in [0, 0.05) is 0 Å². The van der Waals surface area contributed by atoms with Crippen molar-refractivity contribution in [1.82, 2.24) is 0 Å². The first-order valence-electron chi connectivity index (χ1n) is 9.94. The zero-order chi connectivity index (χ0) is 22.3. The molecule has 4 heteroatoms. The average molecular weight is 491 g/mol. The van der Waals surface area contributed by atoms with E-state index in [2.05, 4.69) is 108 Å². The van der Waals surface area contributed by atoms with E-state index in [1.807, 2.05) is 0 Å². The second kappa shape index (κ2) is 11.8. The Morgan fingerprint density at radius 1 is 0.900 bits per heavy atom. The molecule has 1 aliphatic carbocycles. The van der Waals surface area contributed by atoms with Crippen LogP contribution in [0.5, 0.6) is 0 Å². The zero-order valence-corrected chi connectivity index (χ0v) is 22.6. The number of allylic oxidation sites excluding steroid dienone is 4. The summed E-state index contributed by atoms with van der Waals surface area (Å²) in [6.07, 6.45) is 3.44. The third-order valence-electron chi connectivity index (χ3n) is 5.60. The molecule has 0 saturated carbocycles. The average Bonchev–Trinajstić information content (AvgIpc) is 3.12. The van der Waals surface area contributed by atoms with Gasteiger partial charge in [0.05, 0.1) is 0 Å². The summed E-state index contributed by atoms with van der Waals surface area (Å²) in [6, 6.07) is 21.7. The molecular weight excluding hydrogens is 462 g/mol. The van der Waals surface area contributed by atoms with Crippen LogP contribution in [0.4, 0.5) is 0 Å². The molecule has 0 N–H and O–H groups in total. The summed E-state index contributed by atoms with van der Waals surface area (Å²) in [5.41, 5.74) is 5.81. The molecule has 3 aromatic rings. The zero-order valence-electron chi connectivity index (χ0n) is 18.5. The normalized spacial score (nSPS) is 14.9. The summed E-state index contributed by atoms with van der Waals surface area (Å²) < 4.78 is 0. The van der Waals surface area contributed by atoms with Crippen LogP contribution in [-0.2, 0) is 17.0 Å². The van der Waals surface area contributed by atoms with Gasteiger partial charge in [-0.25, -0.2) is 5.57 Å². The minimum absolute atomic E-state index is 0.189. The number of hydrogen-bond acceptors (Lipinski definition) is 0. The van der Waals surface area contributed by atoms with Crippen molar-refractivity contribution in [3.05, 3.63) is 89.0 Å². The molecule has 0 aromatic heterocycles. The van der Waals surface area contributed by atoms with Crippen LogP contribution in [0.1, 0.15) is 40.2 Å².